The van der Waals surface area contributed by atoms with Crippen molar-refractivity contribution in [1.29, 1.82) is 0 Å². The van der Waals surface area contributed by atoms with Crippen LogP contribution in [0.25, 0.3) is 0 Å². The Balaban J connectivity index is 1.96. The average molecular weight is 269 g/mol. The molecule has 1 aliphatic rings. The molecule has 1 atom stereocenters. The smallest absolute Gasteiger partial charge is 0.165 e. The number of thioether (sulfide) groups is 1. The highest BCUT2D eigenvalue weighted by atomic mass is 32.2. The number of ether oxygens (including phenoxy) is 1. The van der Waals surface area contributed by atoms with Crippen molar-refractivity contribution in [1.82, 2.24) is 5.32 Å². The lowest BCUT2D eigenvalue weighted by Gasteiger charge is -2.19. The van der Waals surface area contributed by atoms with Crippen molar-refractivity contribution in [3.63, 3.8) is 0 Å². The highest BCUT2D eigenvalue weighted by molar-refractivity contribution is 8.00. The van der Waals surface area contributed by atoms with E-state index in [2.05, 4.69) is 18.5 Å². The largest absolute Gasteiger partial charge is 0.494 e. The van der Waals surface area contributed by atoms with Crippen LogP contribution in [0.1, 0.15) is 31.4 Å². The van der Waals surface area contributed by atoms with Gasteiger partial charge in [-0.25, -0.2) is 4.39 Å². The summed E-state index contributed by atoms with van der Waals surface area (Å²) in [6, 6.07) is 5.31. The molecule has 0 heterocycles. The van der Waals surface area contributed by atoms with Gasteiger partial charge in [0, 0.05) is 17.3 Å². The van der Waals surface area contributed by atoms with Crippen LogP contribution >= 0.6 is 11.8 Å². The van der Waals surface area contributed by atoms with E-state index in [0.717, 1.165) is 12.1 Å². The van der Waals surface area contributed by atoms with Gasteiger partial charge in [0.25, 0.3) is 0 Å². The van der Waals surface area contributed by atoms with Gasteiger partial charge in [-0.3, -0.25) is 0 Å². The second-order valence-corrected chi connectivity index (χ2v) is 6.16. The van der Waals surface area contributed by atoms with Crippen LogP contribution in [0.15, 0.2) is 18.2 Å². The summed E-state index contributed by atoms with van der Waals surface area (Å²) < 4.78 is 19.0. The maximum Gasteiger partial charge on any atom is 0.165 e. The second-order valence-electron chi connectivity index (χ2n) is 4.88. The quantitative estimate of drug-likeness (QED) is 0.855. The van der Waals surface area contributed by atoms with Crippen LogP contribution in [-0.2, 0) is 0 Å². The van der Waals surface area contributed by atoms with E-state index in [9.17, 15) is 4.39 Å². The molecule has 1 aliphatic carbocycles. The number of halogens is 1. The zero-order valence-corrected chi connectivity index (χ0v) is 11.9. The molecule has 4 heteroatoms. The Morgan fingerprint density at radius 1 is 1.50 bits per heavy atom. The number of hydrogen-bond acceptors (Lipinski definition) is 3. The summed E-state index contributed by atoms with van der Waals surface area (Å²) in [5.74, 6) is 0.00313. The molecular weight excluding hydrogens is 249 g/mol. The molecule has 0 saturated heterocycles. The zero-order valence-electron chi connectivity index (χ0n) is 11.1. The molecule has 1 aromatic rings. The molecule has 1 aromatic carbocycles. The average Bonchev–Trinajstić information content (AvgIpc) is 3.16. The van der Waals surface area contributed by atoms with Gasteiger partial charge in [-0.15, -0.1) is 0 Å². The van der Waals surface area contributed by atoms with Crippen molar-refractivity contribution >= 4 is 11.8 Å². The highest BCUT2D eigenvalue weighted by Crippen LogP contribution is 2.46. The Kier molecular flexibility index (Phi) is 4.17. The van der Waals surface area contributed by atoms with E-state index < -0.39 is 0 Å². The molecule has 1 fully saturated rings. The van der Waals surface area contributed by atoms with Crippen molar-refractivity contribution in [2.75, 3.05) is 19.9 Å². The Morgan fingerprint density at radius 3 is 2.72 bits per heavy atom. The van der Waals surface area contributed by atoms with Crippen LogP contribution in [-0.4, -0.2) is 24.7 Å². The minimum Gasteiger partial charge on any atom is -0.494 e. The van der Waals surface area contributed by atoms with Gasteiger partial charge >= 0.3 is 0 Å². The van der Waals surface area contributed by atoms with E-state index in [1.54, 1.807) is 12.1 Å². The Labute approximate surface area is 112 Å². The van der Waals surface area contributed by atoms with E-state index in [1.807, 2.05) is 17.8 Å². The van der Waals surface area contributed by atoms with Gasteiger partial charge in [-0.05, 0) is 43.7 Å². The molecule has 2 nitrogen and oxygen atoms in total. The molecule has 0 spiro atoms. The van der Waals surface area contributed by atoms with E-state index in [-0.39, 0.29) is 11.9 Å². The van der Waals surface area contributed by atoms with Gasteiger partial charge in [-0.1, -0.05) is 6.07 Å². The summed E-state index contributed by atoms with van der Waals surface area (Å²) >= 11 is 1.93. The molecule has 0 aliphatic heterocycles. The third kappa shape index (κ3) is 2.98. The molecule has 2 rings (SSSR count). The maximum absolute atomic E-state index is 13.6. The topological polar surface area (TPSA) is 21.3 Å². The van der Waals surface area contributed by atoms with Crippen LogP contribution in [0, 0.1) is 5.82 Å². The van der Waals surface area contributed by atoms with Crippen molar-refractivity contribution in [3.8, 4) is 5.75 Å². The zero-order chi connectivity index (χ0) is 13.2. The van der Waals surface area contributed by atoms with Crippen LogP contribution < -0.4 is 10.1 Å². The number of methoxy groups -OCH3 is 1. The minimum absolute atomic E-state index is 0.162. The van der Waals surface area contributed by atoms with E-state index in [1.165, 1.54) is 20.0 Å². The molecule has 18 heavy (non-hydrogen) atoms. The van der Waals surface area contributed by atoms with Gasteiger partial charge in [0.2, 0.25) is 0 Å². The van der Waals surface area contributed by atoms with Crippen LogP contribution in [0.4, 0.5) is 4.39 Å². The fourth-order valence-electron chi connectivity index (χ4n) is 2.00. The first-order valence-corrected chi connectivity index (χ1v) is 7.45. The van der Waals surface area contributed by atoms with Crippen molar-refractivity contribution in [3.05, 3.63) is 29.6 Å². The lowest BCUT2D eigenvalue weighted by Crippen LogP contribution is -2.28. The number of benzene rings is 1. The van der Waals surface area contributed by atoms with Crippen molar-refractivity contribution < 1.29 is 9.13 Å². The fraction of sp³-hybridized carbons (Fsp3) is 0.571. The predicted octanol–water partition coefficient (Wildman–Crippen LogP) is 3.38. The molecule has 1 unspecified atom stereocenters. The monoisotopic (exact) mass is 269 g/mol. The first kappa shape index (κ1) is 13.7. The molecule has 0 aromatic heterocycles. The standard InChI is InChI=1S/C14H20FNOS/c1-10(16-9-14(18-3)6-7-14)11-4-5-13(17-2)12(15)8-11/h4-5,8,10,16H,6-7,9H2,1-3H3. The first-order chi connectivity index (χ1) is 8.60. The lowest BCUT2D eigenvalue weighted by molar-refractivity contribution is 0.385. The summed E-state index contributed by atoms with van der Waals surface area (Å²) in [7, 11) is 1.48. The Hall–Kier alpha value is -0.740. The molecule has 1 saturated carbocycles. The number of rotatable bonds is 6. The van der Waals surface area contributed by atoms with Crippen molar-refractivity contribution in [2.45, 2.75) is 30.6 Å². The first-order valence-electron chi connectivity index (χ1n) is 6.22. The third-order valence-electron chi connectivity index (χ3n) is 3.65. The summed E-state index contributed by atoms with van der Waals surface area (Å²) in [5.41, 5.74) is 0.963. The van der Waals surface area contributed by atoms with Gasteiger partial charge in [0.1, 0.15) is 0 Å². The van der Waals surface area contributed by atoms with E-state index in [0.29, 0.717) is 10.5 Å². The van der Waals surface area contributed by atoms with Gasteiger partial charge < -0.3 is 10.1 Å². The third-order valence-corrected chi connectivity index (χ3v) is 5.07. The maximum atomic E-state index is 13.6. The molecule has 0 radical (unpaired) electrons. The van der Waals surface area contributed by atoms with Crippen LogP contribution in [0.5, 0.6) is 5.75 Å². The predicted molar refractivity (Wildman–Crippen MR) is 74.8 cm³/mol. The number of nitrogens with one attached hydrogen (secondary N) is 1. The summed E-state index contributed by atoms with van der Waals surface area (Å²) in [6.07, 6.45) is 4.72. The second kappa shape index (κ2) is 5.49. The van der Waals surface area contributed by atoms with Gasteiger partial charge in [-0.2, -0.15) is 11.8 Å². The van der Waals surface area contributed by atoms with Crippen molar-refractivity contribution in [2.24, 2.45) is 0 Å². The fourth-order valence-corrected chi connectivity index (χ4v) is 2.74. The van der Waals surface area contributed by atoms with E-state index >= 15 is 0 Å². The molecule has 100 valence electrons. The van der Waals surface area contributed by atoms with Crippen LogP contribution in [0.3, 0.4) is 0 Å². The summed E-state index contributed by atoms with van der Waals surface area (Å²) in [6.45, 7) is 3.06. The Morgan fingerprint density at radius 2 is 2.22 bits per heavy atom. The van der Waals surface area contributed by atoms with Gasteiger partial charge in [0.05, 0.1) is 7.11 Å². The Bertz CT molecular complexity index is 420. The molecule has 0 bridgehead atoms. The lowest BCUT2D eigenvalue weighted by atomic mass is 10.1. The molecular formula is C14H20FNOS. The van der Waals surface area contributed by atoms with Crippen LogP contribution in [0.2, 0.25) is 0 Å². The number of hydrogen-bond donors (Lipinski definition) is 1. The normalized spacial score (nSPS) is 18.4. The van der Waals surface area contributed by atoms with Gasteiger partial charge in [0.15, 0.2) is 11.6 Å². The summed E-state index contributed by atoms with van der Waals surface area (Å²) in [4.78, 5) is 0. The molecule has 0 amide bonds. The minimum atomic E-state index is -0.297. The van der Waals surface area contributed by atoms with E-state index in [4.69, 9.17) is 4.74 Å². The highest BCUT2D eigenvalue weighted by Gasteiger charge is 2.41. The SMILES string of the molecule is COc1ccc(C(C)NCC2(SC)CC2)cc1F. The summed E-state index contributed by atoms with van der Waals surface area (Å²) in [5, 5.41) is 3.49. The molecule has 1 N–H and O–H groups in total.